The first-order chi connectivity index (χ1) is 19.2. The van der Waals surface area contributed by atoms with Crippen LogP contribution >= 0.6 is 23.1 Å². The quantitative estimate of drug-likeness (QED) is 0.167. The van der Waals surface area contributed by atoms with Gasteiger partial charge < -0.3 is 14.2 Å². The lowest BCUT2D eigenvalue weighted by molar-refractivity contribution is -0.384. The number of methoxy groups -OCH3 is 2. The number of imide groups is 1. The van der Waals surface area contributed by atoms with Gasteiger partial charge in [-0.1, -0.05) is 29.2 Å². The molecule has 0 saturated carbocycles. The van der Waals surface area contributed by atoms with Crippen LogP contribution in [0.3, 0.4) is 0 Å². The van der Waals surface area contributed by atoms with Crippen molar-refractivity contribution >= 4 is 52.3 Å². The van der Waals surface area contributed by atoms with Crippen molar-refractivity contribution in [1.29, 1.82) is 0 Å². The van der Waals surface area contributed by atoms with E-state index in [0.29, 0.717) is 27.0 Å². The maximum atomic E-state index is 13.9. The number of amides is 2. The molecule has 2 amide bonds. The molecule has 0 unspecified atom stereocenters. The molecule has 12 nitrogen and oxygen atoms in total. The molecule has 1 aromatic heterocycles. The van der Waals surface area contributed by atoms with Crippen molar-refractivity contribution in [3.05, 3.63) is 72.7 Å². The first kappa shape index (κ1) is 27.4. The highest BCUT2D eigenvalue weighted by Crippen LogP contribution is 2.54. The van der Waals surface area contributed by atoms with Gasteiger partial charge in [0, 0.05) is 22.9 Å². The fraction of sp³-hybridized carbons (Fsp3) is 0.308. The number of carbonyl (C=O) groups is 3. The lowest BCUT2D eigenvalue weighted by Gasteiger charge is -2.31. The SMILES string of the molecule is CCOC(=O)Cn1c2c(sc1=O)[C@@H](c1ccc(OC)c(OC)c1)[C@@H]1C(=O)N(c3ccc([N+](=O)[O-])cc3)C(=O)[C@@H]1S2. The summed E-state index contributed by atoms with van der Waals surface area (Å²) in [6, 6.07) is 10.3. The molecule has 2 aromatic carbocycles. The molecule has 0 aliphatic carbocycles. The van der Waals surface area contributed by atoms with Crippen molar-refractivity contribution in [2.75, 3.05) is 25.7 Å². The van der Waals surface area contributed by atoms with Gasteiger partial charge in [-0.05, 0) is 36.8 Å². The number of fused-ring (bicyclic) bond motifs is 2. The molecule has 208 valence electrons. The van der Waals surface area contributed by atoms with Crippen molar-refractivity contribution in [2.45, 2.75) is 29.7 Å². The summed E-state index contributed by atoms with van der Waals surface area (Å²) in [7, 11) is 2.97. The number of thioether (sulfide) groups is 1. The van der Waals surface area contributed by atoms with E-state index < -0.39 is 44.7 Å². The maximum Gasteiger partial charge on any atom is 0.326 e. The number of non-ortho nitro benzene ring substituents is 1. The van der Waals surface area contributed by atoms with Crippen molar-refractivity contribution in [3.63, 3.8) is 0 Å². The minimum atomic E-state index is -0.921. The van der Waals surface area contributed by atoms with Crippen LogP contribution in [0.5, 0.6) is 11.5 Å². The van der Waals surface area contributed by atoms with Crippen LogP contribution in [0.25, 0.3) is 0 Å². The monoisotopic (exact) mass is 585 g/mol. The molecule has 14 heteroatoms. The van der Waals surface area contributed by atoms with Crippen LogP contribution in [-0.4, -0.2) is 53.4 Å². The Balaban J connectivity index is 1.65. The van der Waals surface area contributed by atoms with Gasteiger partial charge in [-0.2, -0.15) is 0 Å². The molecule has 1 fully saturated rings. The average Bonchev–Trinajstić information content (AvgIpc) is 3.38. The van der Waals surface area contributed by atoms with Gasteiger partial charge in [-0.25, -0.2) is 4.90 Å². The van der Waals surface area contributed by atoms with Gasteiger partial charge in [0.25, 0.3) is 5.69 Å². The van der Waals surface area contributed by atoms with Crippen molar-refractivity contribution in [2.24, 2.45) is 5.92 Å². The summed E-state index contributed by atoms with van der Waals surface area (Å²) >= 11 is 1.97. The second-order valence-electron chi connectivity index (χ2n) is 8.87. The Morgan fingerprint density at radius 2 is 1.73 bits per heavy atom. The van der Waals surface area contributed by atoms with E-state index >= 15 is 0 Å². The third-order valence-electron chi connectivity index (χ3n) is 6.73. The molecule has 0 spiro atoms. The fourth-order valence-corrected chi connectivity index (χ4v) is 7.75. The van der Waals surface area contributed by atoms with Crippen LogP contribution in [-0.2, 0) is 25.7 Å². The van der Waals surface area contributed by atoms with Crippen LogP contribution in [0.2, 0.25) is 0 Å². The van der Waals surface area contributed by atoms with E-state index in [2.05, 4.69) is 0 Å². The number of rotatable bonds is 8. The molecule has 3 atom stereocenters. The molecule has 5 rings (SSSR count). The van der Waals surface area contributed by atoms with Crippen LogP contribution < -0.4 is 19.2 Å². The third kappa shape index (κ3) is 4.52. The van der Waals surface area contributed by atoms with Gasteiger partial charge in [-0.3, -0.25) is 33.9 Å². The van der Waals surface area contributed by atoms with Crippen LogP contribution in [0.15, 0.2) is 52.3 Å². The summed E-state index contributed by atoms with van der Waals surface area (Å²) < 4.78 is 17.1. The third-order valence-corrected chi connectivity index (χ3v) is 9.33. The minimum absolute atomic E-state index is 0.142. The highest BCUT2D eigenvalue weighted by molar-refractivity contribution is 8.00. The Bertz CT molecular complexity index is 1580. The summed E-state index contributed by atoms with van der Waals surface area (Å²) in [5.41, 5.74) is 0.641. The summed E-state index contributed by atoms with van der Waals surface area (Å²) in [6.07, 6.45) is 0. The summed E-state index contributed by atoms with van der Waals surface area (Å²) in [5, 5.41) is 10.6. The van der Waals surface area contributed by atoms with E-state index in [1.54, 1.807) is 25.1 Å². The van der Waals surface area contributed by atoms with Crippen LogP contribution in [0, 0.1) is 16.0 Å². The minimum Gasteiger partial charge on any atom is -0.493 e. The number of ether oxygens (including phenoxy) is 3. The second kappa shape index (κ2) is 10.8. The predicted octanol–water partition coefficient (Wildman–Crippen LogP) is 3.19. The highest BCUT2D eigenvalue weighted by Gasteiger charge is 2.57. The zero-order valence-electron chi connectivity index (χ0n) is 21.5. The summed E-state index contributed by atoms with van der Waals surface area (Å²) in [4.78, 5) is 64.8. The maximum absolute atomic E-state index is 13.9. The number of hydrogen-bond donors (Lipinski definition) is 0. The number of nitro groups is 1. The number of nitrogens with zero attached hydrogens (tertiary/aromatic N) is 3. The Labute approximate surface area is 235 Å². The topological polar surface area (TPSA) is 147 Å². The molecule has 3 aromatic rings. The number of hydrogen-bond acceptors (Lipinski definition) is 11. The van der Waals surface area contributed by atoms with E-state index in [1.165, 1.54) is 43.1 Å². The van der Waals surface area contributed by atoms with Gasteiger partial charge in [0.15, 0.2) is 11.5 Å². The van der Waals surface area contributed by atoms with Gasteiger partial charge in [0.05, 0.1) is 42.4 Å². The molecular formula is C26H23N3O9S2. The molecule has 40 heavy (non-hydrogen) atoms. The largest absolute Gasteiger partial charge is 0.493 e. The van der Waals surface area contributed by atoms with Crippen molar-refractivity contribution in [3.8, 4) is 11.5 Å². The number of benzene rings is 2. The van der Waals surface area contributed by atoms with Gasteiger partial charge in [0.1, 0.15) is 11.8 Å². The fourth-order valence-electron chi connectivity index (χ4n) is 4.97. The smallest absolute Gasteiger partial charge is 0.326 e. The van der Waals surface area contributed by atoms with E-state index in [4.69, 9.17) is 14.2 Å². The molecular weight excluding hydrogens is 562 g/mol. The molecule has 0 radical (unpaired) electrons. The van der Waals surface area contributed by atoms with Crippen LogP contribution in [0.1, 0.15) is 23.3 Å². The predicted molar refractivity (Wildman–Crippen MR) is 145 cm³/mol. The Morgan fingerprint density at radius 1 is 1.02 bits per heavy atom. The Hall–Kier alpha value is -4.17. The zero-order chi connectivity index (χ0) is 28.7. The summed E-state index contributed by atoms with van der Waals surface area (Å²) in [5.74, 6) is -2.38. The molecule has 1 saturated heterocycles. The number of aromatic nitrogens is 1. The van der Waals surface area contributed by atoms with E-state index in [1.807, 2.05) is 0 Å². The molecule has 2 aliphatic rings. The van der Waals surface area contributed by atoms with Gasteiger partial charge in [0.2, 0.25) is 11.8 Å². The number of thiazole rings is 1. The number of anilines is 1. The lowest BCUT2D eigenvalue weighted by atomic mass is 9.83. The average molecular weight is 586 g/mol. The standard InChI is InChI=1S/C26H23N3O9S2/c1-4-38-18(30)12-27-25-22(40-26(27)33)19(13-5-10-16(36-2)17(11-13)37-3)20-21(39-25)24(32)28(23(20)31)14-6-8-15(9-7-14)29(34)35/h5-11,19-21H,4,12H2,1-3H3/t19-,20-,21+/m0/s1. The molecule has 2 aliphatic heterocycles. The number of esters is 1. The van der Waals surface area contributed by atoms with Crippen molar-refractivity contribution < 1.29 is 33.5 Å². The molecule has 0 bridgehead atoms. The van der Waals surface area contributed by atoms with Gasteiger partial charge >= 0.3 is 10.8 Å². The van der Waals surface area contributed by atoms with Gasteiger partial charge in [-0.15, -0.1) is 0 Å². The first-order valence-electron chi connectivity index (χ1n) is 12.1. The van der Waals surface area contributed by atoms with Crippen LogP contribution in [0.4, 0.5) is 11.4 Å². The second-order valence-corrected chi connectivity index (χ2v) is 11.0. The Kier molecular flexibility index (Phi) is 7.38. The van der Waals surface area contributed by atoms with Crippen molar-refractivity contribution in [1.82, 2.24) is 4.57 Å². The molecule has 3 heterocycles. The molecule has 0 N–H and O–H groups in total. The lowest BCUT2D eigenvalue weighted by Crippen LogP contribution is -2.32. The van der Waals surface area contributed by atoms with E-state index in [-0.39, 0.29) is 24.5 Å². The highest BCUT2D eigenvalue weighted by atomic mass is 32.2. The first-order valence-corrected chi connectivity index (χ1v) is 13.8. The Morgan fingerprint density at radius 3 is 2.35 bits per heavy atom. The normalized spacial score (nSPS) is 19.7. The van der Waals surface area contributed by atoms with E-state index in [0.717, 1.165) is 28.0 Å². The number of nitro benzene ring substituents is 1. The zero-order valence-corrected chi connectivity index (χ0v) is 23.2. The number of carbonyl (C=O) groups excluding carboxylic acids is 3. The summed E-state index contributed by atoms with van der Waals surface area (Å²) in [6.45, 7) is 1.46. The van der Waals surface area contributed by atoms with E-state index in [9.17, 15) is 29.3 Å².